The molecule has 4 aromatic rings. The van der Waals surface area contributed by atoms with E-state index in [-0.39, 0.29) is 24.7 Å². The summed E-state index contributed by atoms with van der Waals surface area (Å²) in [6, 6.07) is 25.2. The molecule has 0 aliphatic rings. The highest BCUT2D eigenvalue weighted by Gasteiger charge is 2.08. The summed E-state index contributed by atoms with van der Waals surface area (Å²) in [4.78, 5) is 22.6. The molecule has 0 saturated carbocycles. The number of nitro groups is 1. The molecule has 0 aliphatic carbocycles. The van der Waals surface area contributed by atoms with Crippen LogP contribution in [0.2, 0.25) is 0 Å². The van der Waals surface area contributed by atoms with E-state index in [2.05, 4.69) is 15.8 Å². The van der Waals surface area contributed by atoms with Gasteiger partial charge in [0.1, 0.15) is 6.61 Å². The van der Waals surface area contributed by atoms with Gasteiger partial charge in [-0.15, -0.1) is 0 Å². The van der Waals surface area contributed by atoms with E-state index in [0.717, 1.165) is 22.0 Å². The first-order chi connectivity index (χ1) is 17.5. The SMILES string of the molecule is COc1cc(/C=N\NC(=O)CNc2cccc3ccccc23)ccc1OCc1ccc([N+](=O)[O-])cc1. The molecule has 0 saturated heterocycles. The Bertz CT molecular complexity index is 1400. The first-order valence-corrected chi connectivity index (χ1v) is 11.1. The molecule has 0 unspecified atom stereocenters. The van der Waals surface area contributed by atoms with Gasteiger partial charge in [0.15, 0.2) is 11.5 Å². The number of nitrogens with zero attached hydrogens (tertiary/aromatic N) is 2. The molecule has 0 fully saturated rings. The lowest BCUT2D eigenvalue weighted by Gasteiger charge is -2.11. The van der Waals surface area contributed by atoms with Crippen LogP contribution in [0.4, 0.5) is 11.4 Å². The van der Waals surface area contributed by atoms with Crippen molar-refractivity contribution in [3.05, 3.63) is 106 Å². The molecule has 9 nitrogen and oxygen atoms in total. The fraction of sp³-hybridized carbons (Fsp3) is 0.111. The molecule has 182 valence electrons. The number of nitro benzene ring substituents is 1. The molecular weight excluding hydrogens is 460 g/mol. The van der Waals surface area contributed by atoms with Crippen molar-refractivity contribution in [2.75, 3.05) is 19.0 Å². The van der Waals surface area contributed by atoms with Crippen LogP contribution >= 0.6 is 0 Å². The lowest BCUT2D eigenvalue weighted by molar-refractivity contribution is -0.384. The number of ether oxygens (including phenoxy) is 2. The maximum Gasteiger partial charge on any atom is 0.269 e. The second kappa shape index (κ2) is 11.5. The third-order valence-corrected chi connectivity index (χ3v) is 5.36. The molecule has 0 bridgehead atoms. The zero-order valence-electron chi connectivity index (χ0n) is 19.5. The van der Waals surface area contributed by atoms with Crippen LogP contribution in [0.15, 0.2) is 90.0 Å². The summed E-state index contributed by atoms with van der Waals surface area (Å²) in [5.41, 5.74) is 4.90. The standard InChI is InChI=1S/C27H24N4O5/c1-35-26-15-20(11-14-25(26)36-18-19-9-12-22(13-10-19)31(33)34)16-29-30-27(32)17-28-24-8-4-6-21-5-2-3-7-23(21)24/h2-16,28H,17-18H2,1H3,(H,30,32)/b29-16-. The number of fused-ring (bicyclic) bond motifs is 1. The number of rotatable bonds is 10. The summed E-state index contributed by atoms with van der Waals surface area (Å²) in [7, 11) is 1.52. The zero-order chi connectivity index (χ0) is 25.3. The van der Waals surface area contributed by atoms with Crippen LogP contribution < -0.4 is 20.2 Å². The molecular formula is C27H24N4O5. The van der Waals surface area contributed by atoms with Crippen LogP contribution in [0.5, 0.6) is 11.5 Å². The van der Waals surface area contributed by atoms with Gasteiger partial charge in [-0.2, -0.15) is 5.10 Å². The largest absolute Gasteiger partial charge is 0.493 e. The average Bonchev–Trinajstić information content (AvgIpc) is 2.91. The second-order valence-corrected chi connectivity index (χ2v) is 7.80. The Kier molecular flexibility index (Phi) is 7.72. The molecule has 9 heteroatoms. The average molecular weight is 485 g/mol. The molecule has 0 atom stereocenters. The van der Waals surface area contributed by atoms with E-state index < -0.39 is 4.92 Å². The van der Waals surface area contributed by atoms with Gasteiger partial charge in [0.2, 0.25) is 0 Å². The zero-order valence-corrected chi connectivity index (χ0v) is 19.5. The van der Waals surface area contributed by atoms with Gasteiger partial charge in [-0.05, 0) is 52.9 Å². The van der Waals surface area contributed by atoms with Gasteiger partial charge < -0.3 is 14.8 Å². The van der Waals surface area contributed by atoms with Gasteiger partial charge in [0.25, 0.3) is 11.6 Å². The van der Waals surface area contributed by atoms with Crippen molar-refractivity contribution in [3.63, 3.8) is 0 Å². The van der Waals surface area contributed by atoms with Crippen molar-refractivity contribution in [2.45, 2.75) is 6.61 Å². The van der Waals surface area contributed by atoms with Gasteiger partial charge in [-0.3, -0.25) is 14.9 Å². The molecule has 1 amide bonds. The molecule has 4 rings (SSSR count). The Hall–Kier alpha value is -4.92. The summed E-state index contributed by atoms with van der Waals surface area (Å²) in [5, 5.41) is 20.1. The Balaban J connectivity index is 1.30. The van der Waals surface area contributed by atoms with Gasteiger partial charge in [0, 0.05) is 23.2 Å². The van der Waals surface area contributed by atoms with Crippen LogP contribution in [0, 0.1) is 10.1 Å². The highest BCUT2D eigenvalue weighted by atomic mass is 16.6. The normalized spacial score (nSPS) is 10.8. The van der Waals surface area contributed by atoms with Gasteiger partial charge >= 0.3 is 0 Å². The summed E-state index contributed by atoms with van der Waals surface area (Å²) >= 11 is 0. The maximum atomic E-state index is 12.2. The van der Waals surface area contributed by atoms with Crippen molar-refractivity contribution < 1.29 is 19.2 Å². The number of nitrogens with one attached hydrogen (secondary N) is 2. The number of carbonyl (C=O) groups is 1. The number of amides is 1. The number of hydrogen-bond donors (Lipinski definition) is 2. The number of carbonyl (C=O) groups excluding carboxylic acids is 1. The molecule has 0 aromatic heterocycles. The molecule has 0 heterocycles. The maximum absolute atomic E-state index is 12.2. The molecule has 0 aliphatic heterocycles. The monoisotopic (exact) mass is 484 g/mol. The molecule has 0 spiro atoms. The number of hydrazone groups is 1. The third kappa shape index (κ3) is 6.15. The minimum absolute atomic E-state index is 0.0244. The van der Waals surface area contributed by atoms with Crippen LogP contribution in [0.1, 0.15) is 11.1 Å². The minimum Gasteiger partial charge on any atom is -0.493 e. The van der Waals surface area contributed by atoms with Crippen molar-refractivity contribution in [1.82, 2.24) is 5.43 Å². The van der Waals surface area contributed by atoms with Crippen molar-refractivity contribution in [3.8, 4) is 11.5 Å². The first kappa shape index (κ1) is 24.2. The van der Waals surface area contributed by atoms with Crippen LogP contribution in [0.3, 0.4) is 0 Å². The fourth-order valence-corrected chi connectivity index (χ4v) is 3.53. The Labute approximate surface area is 207 Å². The Morgan fingerprint density at radius 1 is 1.00 bits per heavy atom. The lowest BCUT2D eigenvalue weighted by atomic mass is 10.1. The predicted molar refractivity (Wildman–Crippen MR) is 139 cm³/mol. The number of benzene rings is 4. The summed E-state index contributed by atoms with van der Waals surface area (Å²) in [6.07, 6.45) is 1.51. The van der Waals surface area contributed by atoms with E-state index in [1.165, 1.54) is 25.5 Å². The smallest absolute Gasteiger partial charge is 0.269 e. The summed E-state index contributed by atoms with van der Waals surface area (Å²) < 4.78 is 11.2. The van der Waals surface area contributed by atoms with Crippen molar-refractivity contribution in [2.24, 2.45) is 5.10 Å². The summed E-state index contributed by atoms with van der Waals surface area (Å²) in [5.74, 6) is 0.718. The molecule has 36 heavy (non-hydrogen) atoms. The number of methoxy groups -OCH3 is 1. The quantitative estimate of drug-likeness (QED) is 0.188. The van der Waals surface area contributed by atoms with Crippen molar-refractivity contribution in [1.29, 1.82) is 0 Å². The summed E-state index contributed by atoms with van der Waals surface area (Å²) in [6.45, 7) is 0.297. The van der Waals surface area contributed by atoms with Crippen molar-refractivity contribution >= 4 is 34.3 Å². The van der Waals surface area contributed by atoms with Crippen LogP contribution in [0.25, 0.3) is 10.8 Å². The van der Waals surface area contributed by atoms with E-state index in [4.69, 9.17) is 9.47 Å². The molecule has 4 aromatic carbocycles. The molecule has 2 N–H and O–H groups in total. The fourth-order valence-electron chi connectivity index (χ4n) is 3.53. The number of hydrogen-bond acceptors (Lipinski definition) is 7. The number of anilines is 1. The first-order valence-electron chi connectivity index (χ1n) is 11.1. The van der Waals surface area contributed by atoms with Gasteiger partial charge in [-0.1, -0.05) is 36.4 Å². The van der Waals surface area contributed by atoms with E-state index in [0.29, 0.717) is 17.1 Å². The highest BCUT2D eigenvalue weighted by Crippen LogP contribution is 2.28. The van der Waals surface area contributed by atoms with Gasteiger partial charge in [-0.25, -0.2) is 5.43 Å². The Morgan fingerprint density at radius 3 is 2.56 bits per heavy atom. The molecule has 0 radical (unpaired) electrons. The topological polar surface area (TPSA) is 115 Å². The highest BCUT2D eigenvalue weighted by molar-refractivity contribution is 5.95. The lowest BCUT2D eigenvalue weighted by Crippen LogP contribution is -2.25. The third-order valence-electron chi connectivity index (χ3n) is 5.36. The van der Waals surface area contributed by atoms with E-state index >= 15 is 0 Å². The van der Waals surface area contributed by atoms with E-state index in [1.54, 1.807) is 30.3 Å². The van der Waals surface area contributed by atoms with Crippen LogP contribution in [-0.4, -0.2) is 30.7 Å². The van der Waals surface area contributed by atoms with Crippen LogP contribution in [-0.2, 0) is 11.4 Å². The van der Waals surface area contributed by atoms with E-state index in [9.17, 15) is 14.9 Å². The van der Waals surface area contributed by atoms with Gasteiger partial charge in [0.05, 0.1) is 24.8 Å². The predicted octanol–water partition coefficient (Wildman–Crippen LogP) is 4.90. The second-order valence-electron chi connectivity index (χ2n) is 7.80. The van der Waals surface area contributed by atoms with E-state index in [1.807, 2.05) is 42.5 Å². The number of non-ortho nitro benzene ring substituents is 1. The Morgan fingerprint density at radius 2 is 1.78 bits per heavy atom. The minimum atomic E-state index is -0.446.